The molecule has 0 amide bonds. The Morgan fingerprint density at radius 3 is 2.72 bits per heavy atom. The van der Waals surface area contributed by atoms with E-state index in [4.69, 9.17) is 10.5 Å². The molecule has 98 valence electrons. The molecule has 0 fully saturated rings. The lowest BCUT2D eigenvalue weighted by Crippen LogP contribution is -2.51. The molecule has 0 aliphatic rings. The highest BCUT2D eigenvalue weighted by molar-refractivity contribution is 5.84. The van der Waals surface area contributed by atoms with E-state index in [1.165, 1.54) is 10.9 Å². The van der Waals surface area contributed by atoms with Gasteiger partial charge in [-0.1, -0.05) is 0 Å². The fraction of sp³-hybridized carbons (Fsp3) is 0.429. The van der Waals surface area contributed by atoms with Crippen molar-refractivity contribution in [2.45, 2.75) is 19.0 Å². The maximum absolute atomic E-state index is 6.29. The molecule has 1 aromatic carbocycles. The quantitative estimate of drug-likeness (QED) is 0.812. The van der Waals surface area contributed by atoms with E-state index in [9.17, 15) is 0 Å². The molecule has 1 atom stereocenters. The van der Waals surface area contributed by atoms with E-state index >= 15 is 0 Å². The van der Waals surface area contributed by atoms with Gasteiger partial charge in [0.1, 0.15) is 5.75 Å². The third-order valence-corrected chi connectivity index (χ3v) is 3.54. The predicted octanol–water partition coefficient (Wildman–Crippen LogP) is 1.96. The molecule has 4 heteroatoms. The van der Waals surface area contributed by atoms with Crippen LogP contribution in [0.5, 0.6) is 5.75 Å². The highest BCUT2D eigenvalue weighted by Gasteiger charge is 2.23. The first-order valence-corrected chi connectivity index (χ1v) is 6.04. The molecule has 1 unspecified atom stereocenters. The van der Waals surface area contributed by atoms with Crippen LogP contribution in [0.3, 0.4) is 0 Å². The maximum Gasteiger partial charge on any atom is 0.119 e. The molecule has 0 aliphatic heterocycles. The Kier molecular flexibility index (Phi) is 3.32. The van der Waals surface area contributed by atoms with Gasteiger partial charge in [0, 0.05) is 23.5 Å². The monoisotopic (exact) mass is 247 g/mol. The second kappa shape index (κ2) is 4.63. The van der Waals surface area contributed by atoms with Crippen LogP contribution in [0.2, 0.25) is 0 Å². The van der Waals surface area contributed by atoms with Crippen LogP contribution in [-0.2, 0) is 6.42 Å². The van der Waals surface area contributed by atoms with E-state index in [-0.39, 0.29) is 5.66 Å². The van der Waals surface area contributed by atoms with Crippen LogP contribution in [0.4, 0.5) is 0 Å². The Labute approximate surface area is 108 Å². The van der Waals surface area contributed by atoms with Crippen molar-refractivity contribution in [2.24, 2.45) is 5.73 Å². The second-order valence-corrected chi connectivity index (χ2v) is 5.15. The maximum atomic E-state index is 6.29. The minimum atomic E-state index is -0.363. The molecule has 1 aromatic heterocycles. The van der Waals surface area contributed by atoms with Crippen molar-refractivity contribution in [3.05, 3.63) is 30.0 Å². The molecule has 0 saturated carbocycles. The summed E-state index contributed by atoms with van der Waals surface area (Å²) in [6.45, 7) is 2.03. The van der Waals surface area contributed by atoms with E-state index < -0.39 is 0 Å². The number of hydrogen-bond acceptors (Lipinski definition) is 3. The van der Waals surface area contributed by atoms with Gasteiger partial charge in [-0.3, -0.25) is 4.90 Å². The van der Waals surface area contributed by atoms with Gasteiger partial charge in [-0.15, -0.1) is 0 Å². The van der Waals surface area contributed by atoms with Crippen LogP contribution >= 0.6 is 0 Å². The standard InChI is InChI=1S/C14H21N3O/c1-14(15,17(2)3)8-10-9-16-13-6-5-11(18-4)7-12(10)13/h5-7,9,16H,8,15H2,1-4H3. The summed E-state index contributed by atoms with van der Waals surface area (Å²) >= 11 is 0. The Morgan fingerprint density at radius 2 is 2.11 bits per heavy atom. The first-order chi connectivity index (χ1) is 8.44. The minimum Gasteiger partial charge on any atom is -0.497 e. The van der Waals surface area contributed by atoms with Crippen molar-refractivity contribution < 1.29 is 4.74 Å². The van der Waals surface area contributed by atoms with Crippen molar-refractivity contribution in [3.8, 4) is 5.75 Å². The fourth-order valence-corrected chi connectivity index (χ4v) is 1.97. The number of H-pyrrole nitrogens is 1. The molecule has 2 rings (SSSR count). The molecule has 0 saturated heterocycles. The summed E-state index contributed by atoms with van der Waals surface area (Å²) in [5.41, 5.74) is 8.25. The number of nitrogens with zero attached hydrogens (tertiary/aromatic N) is 1. The lowest BCUT2D eigenvalue weighted by Gasteiger charge is -2.32. The summed E-state index contributed by atoms with van der Waals surface area (Å²) in [6, 6.07) is 6.03. The van der Waals surface area contributed by atoms with Gasteiger partial charge >= 0.3 is 0 Å². The normalized spacial score (nSPS) is 15.0. The van der Waals surface area contributed by atoms with E-state index in [0.717, 1.165) is 17.7 Å². The van der Waals surface area contributed by atoms with Crippen molar-refractivity contribution in [3.63, 3.8) is 0 Å². The van der Waals surface area contributed by atoms with Crippen LogP contribution in [0, 0.1) is 0 Å². The average Bonchev–Trinajstić information content (AvgIpc) is 2.71. The lowest BCUT2D eigenvalue weighted by molar-refractivity contribution is 0.180. The third kappa shape index (κ3) is 2.35. The van der Waals surface area contributed by atoms with E-state index in [0.29, 0.717) is 0 Å². The Balaban J connectivity index is 2.39. The number of methoxy groups -OCH3 is 1. The smallest absolute Gasteiger partial charge is 0.119 e. The van der Waals surface area contributed by atoms with Gasteiger partial charge in [0.25, 0.3) is 0 Å². The number of benzene rings is 1. The molecule has 3 N–H and O–H groups in total. The van der Waals surface area contributed by atoms with Gasteiger partial charge in [-0.05, 0) is 44.8 Å². The SMILES string of the molecule is COc1ccc2[nH]cc(CC(C)(N)N(C)C)c2c1. The van der Waals surface area contributed by atoms with Crippen LogP contribution in [-0.4, -0.2) is 36.8 Å². The van der Waals surface area contributed by atoms with E-state index in [1.54, 1.807) is 7.11 Å². The Hall–Kier alpha value is -1.52. The van der Waals surface area contributed by atoms with E-state index in [1.807, 2.05) is 50.3 Å². The third-order valence-electron chi connectivity index (χ3n) is 3.54. The average molecular weight is 247 g/mol. The lowest BCUT2D eigenvalue weighted by atomic mass is 10.0. The summed E-state index contributed by atoms with van der Waals surface area (Å²) in [4.78, 5) is 5.31. The number of rotatable bonds is 4. The van der Waals surface area contributed by atoms with Crippen LogP contribution in [0.1, 0.15) is 12.5 Å². The number of fused-ring (bicyclic) bond motifs is 1. The molecule has 0 radical (unpaired) electrons. The van der Waals surface area contributed by atoms with Crippen LogP contribution < -0.4 is 10.5 Å². The molecule has 1 heterocycles. The fourth-order valence-electron chi connectivity index (χ4n) is 1.97. The van der Waals surface area contributed by atoms with Gasteiger partial charge < -0.3 is 15.5 Å². The van der Waals surface area contributed by atoms with Gasteiger partial charge in [0.15, 0.2) is 0 Å². The summed E-state index contributed by atoms with van der Waals surface area (Å²) < 4.78 is 5.27. The Morgan fingerprint density at radius 1 is 1.39 bits per heavy atom. The van der Waals surface area contributed by atoms with Crippen LogP contribution in [0.15, 0.2) is 24.4 Å². The first-order valence-electron chi connectivity index (χ1n) is 6.04. The molecule has 0 bridgehead atoms. The summed E-state index contributed by atoms with van der Waals surface area (Å²) in [5, 5.41) is 1.17. The van der Waals surface area contributed by atoms with Gasteiger partial charge in [-0.2, -0.15) is 0 Å². The van der Waals surface area contributed by atoms with Gasteiger partial charge in [-0.25, -0.2) is 0 Å². The molecule has 4 nitrogen and oxygen atoms in total. The zero-order chi connectivity index (χ0) is 13.3. The number of hydrogen-bond donors (Lipinski definition) is 2. The zero-order valence-corrected chi connectivity index (χ0v) is 11.4. The van der Waals surface area contributed by atoms with Gasteiger partial charge in [0.2, 0.25) is 0 Å². The number of ether oxygens (including phenoxy) is 1. The minimum absolute atomic E-state index is 0.363. The molecular weight excluding hydrogens is 226 g/mol. The van der Waals surface area contributed by atoms with Crippen molar-refractivity contribution in [2.75, 3.05) is 21.2 Å². The van der Waals surface area contributed by atoms with Gasteiger partial charge in [0.05, 0.1) is 12.8 Å². The molecule has 0 aliphatic carbocycles. The number of aromatic nitrogens is 1. The van der Waals surface area contributed by atoms with Crippen molar-refractivity contribution >= 4 is 10.9 Å². The number of nitrogens with one attached hydrogen (secondary N) is 1. The highest BCUT2D eigenvalue weighted by Crippen LogP contribution is 2.26. The predicted molar refractivity (Wildman–Crippen MR) is 74.8 cm³/mol. The second-order valence-electron chi connectivity index (χ2n) is 5.15. The molecule has 0 spiro atoms. The van der Waals surface area contributed by atoms with Crippen LogP contribution in [0.25, 0.3) is 10.9 Å². The summed E-state index contributed by atoms with van der Waals surface area (Å²) in [5.74, 6) is 0.868. The summed E-state index contributed by atoms with van der Waals surface area (Å²) in [6.07, 6.45) is 2.81. The number of aromatic amines is 1. The first kappa shape index (κ1) is 12.9. The highest BCUT2D eigenvalue weighted by atomic mass is 16.5. The number of likely N-dealkylation sites (N-methyl/N-ethyl adjacent to an activating group) is 1. The largest absolute Gasteiger partial charge is 0.497 e. The molecule has 2 aromatic rings. The molecule has 18 heavy (non-hydrogen) atoms. The Bertz CT molecular complexity index is 543. The van der Waals surface area contributed by atoms with Crippen molar-refractivity contribution in [1.29, 1.82) is 0 Å². The van der Waals surface area contributed by atoms with Crippen molar-refractivity contribution in [1.82, 2.24) is 9.88 Å². The number of nitrogens with two attached hydrogens (primary N) is 1. The topological polar surface area (TPSA) is 54.3 Å². The molecular formula is C14H21N3O. The zero-order valence-electron chi connectivity index (χ0n) is 11.4. The summed E-state index contributed by atoms with van der Waals surface area (Å²) in [7, 11) is 5.67. The van der Waals surface area contributed by atoms with E-state index in [2.05, 4.69) is 4.98 Å².